The highest BCUT2D eigenvalue weighted by Crippen LogP contribution is 2.17. The van der Waals surface area contributed by atoms with Gasteiger partial charge in [0.15, 0.2) is 0 Å². The van der Waals surface area contributed by atoms with Gasteiger partial charge in [-0.25, -0.2) is 0 Å². The maximum absolute atomic E-state index is 5.41. The molecule has 0 aliphatic heterocycles. The van der Waals surface area contributed by atoms with Crippen molar-refractivity contribution in [2.45, 2.75) is 32.9 Å². The zero-order valence-corrected chi connectivity index (χ0v) is 10.4. The molecule has 0 aromatic heterocycles. The van der Waals surface area contributed by atoms with Crippen molar-refractivity contribution in [3.63, 3.8) is 0 Å². The number of hydrogen-bond donors (Lipinski definition) is 1. The first-order valence-electron chi connectivity index (χ1n) is 5.78. The van der Waals surface area contributed by atoms with E-state index in [1.165, 1.54) is 5.56 Å². The number of benzene rings is 1. The zero-order valence-electron chi connectivity index (χ0n) is 10.4. The second-order valence-corrected chi connectivity index (χ2v) is 3.91. The molecule has 0 aliphatic carbocycles. The summed E-state index contributed by atoms with van der Waals surface area (Å²) < 4.78 is 5.41. The Bertz CT molecular complexity index is 318. The van der Waals surface area contributed by atoms with Crippen LogP contribution in [0.25, 0.3) is 0 Å². The lowest BCUT2D eigenvalue weighted by atomic mass is 10.1. The number of rotatable bonds is 6. The van der Waals surface area contributed by atoms with Gasteiger partial charge in [-0.2, -0.15) is 0 Å². The zero-order chi connectivity index (χ0) is 12.0. The molecule has 0 bridgehead atoms. The first kappa shape index (κ1) is 12.8. The van der Waals surface area contributed by atoms with Crippen molar-refractivity contribution >= 4 is 0 Å². The maximum Gasteiger partial charge on any atom is 0.119 e. The number of hydrogen-bond acceptors (Lipinski definition) is 2. The molecule has 2 atom stereocenters. The molecule has 1 aromatic rings. The summed E-state index contributed by atoms with van der Waals surface area (Å²) in [5.74, 6) is 0.926. The van der Waals surface area contributed by atoms with Crippen LogP contribution in [-0.4, -0.2) is 12.6 Å². The standard InChI is InChI=1S/C14H21NO/c1-5-11(3)15-12(4)13-7-9-14(10-8-13)16-6-2/h5,7-12,15H,1,6H2,2-4H3. The monoisotopic (exact) mass is 219 g/mol. The normalized spacial score (nSPS) is 14.2. The van der Waals surface area contributed by atoms with Gasteiger partial charge in [0.1, 0.15) is 5.75 Å². The summed E-state index contributed by atoms with van der Waals surface area (Å²) in [7, 11) is 0. The lowest BCUT2D eigenvalue weighted by Crippen LogP contribution is -2.26. The quantitative estimate of drug-likeness (QED) is 0.741. The van der Waals surface area contributed by atoms with Crippen LogP contribution in [0.15, 0.2) is 36.9 Å². The molecule has 2 nitrogen and oxygen atoms in total. The smallest absolute Gasteiger partial charge is 0.119 e. The molecule has 0 aliphatic rings. The van der Waals surface area contributed by atoms with E-state index < -0.39 is 0 Å². The number of nitrogens with one attached hydrogen (secondary N) is 1. The minimum absolute atomic E-state index is 0.321. The minimum atomic E-state index is 0.321. The van der Waals surface area contributed by atoms with Crippen molar-refractivity contribution in [3.8, 4) is 5.75 Å². The van der Waals surface area contributed by atoms with Gasteiger partial charge in [-0.3, -0.25) is 0 Å². The second kappa shape index (κ2) is 6.33. The molecular weight excluding hydrogens is 198 g/mol. The van der Waals surface area contributed by atoms with Crippen molar-refractivity contribution in [2.24, 2.45) is 0 Å². The SMILES string of the molecule is C=CC(C)NC(C)c1ccc(OCC)cc1. The van der Waals surface area contributed by atoms with Crippen LogP contribution in [0.4, 0.5) is 0 Å². The van der Waals surface area contributed by atoms with Crippen LogP contribution in [-0.2, 0) is 0 Å². The number of ether oxygens (including phenoxy) is 1. The summed E-state index contributed by atoms with van der Waals surface area (Å²) in [6.07, 6.45) is 1.91. The molecule has 0 radical (unpaired) electrons. The molecule has 1 rings (SSSR count). The Labute approximate surface area is 98.3 Å². The van der Waals surface area contributed by atoms with E-state index in [1.54, 1.807) is 0 Å². The third-order valence-corrected chi connectivity index (χ3v) is 2.56. The Balaban J connectivity index is 2.62. The third kappa shape index (κ3) is 3.70. The van der Waals surface area contributed by atoms with Gasteiger partial charge in [0.05, 0.1) is 6.61 Å². The van der Waals surface area contributed by atoms with E-state index in [-0.39, 0.29) is 0 Å². The Hall–Kier alpha value is -1.28. The van der Waals surface area contributed by atoms with Crippen LogP contribution in [0, 0.1) is 0 Å². The van der Waals surface area contributed by atoms with Crippen molar-refractivity contribution in [3.05, 3.63) is 42.5 Å². The molecule has 2 heteroatoms. The van der Waals surface area contributed by atoms with E-state index in [4.69, 9.17) is 4.74 Å². The molecule has 1 aromatic carbocycles. The Kier molecular flexibility index (Phi) is 5.06. The maximum atomic E-state index is 5.41. The van der Waals surface area contributed by atoms with E-state index >= 15 is 0 Å². The molecule has 88 valence electrons. The molecule has 2 unspecified atom stereocenters. The molecule has 16 heavy (non-hydrogen) atoms. The lowest BCUT2D eigenvalue weighted by molar-refractivity contribution is 0.340. The Morgan fingerprint density at radius 3 is 2.44 bits per heavy atom. The molecular formula is C14H21NO. The topological polar surface area (TPSA) is 21.3 Å². The molecule has 0 heterocycles. The summed E-state index contributed by atoms with van der Waals surface area (Å²) in [4.78, 5) is 0. The third-order valence-electron chi connectivity index (χ3n) is 2.56. The van der Waals surface area contributed by atoms with Crippen LogP contribution < -0.4 is 10.1 Å². The van der Waals surface area contributed by atoms with Crippen LogP contribution in [0.5, 0.6) is 5.75 Å². The predicted molar refractivity (Wildman–Crippen MR) is 68.8 cm³/mol. The summed E-state index contributed by atoms with van der Waals surface area (Å²) in [5.41, 5.74) is 1.26. The fourth-order valence-electron chi connectivity index (χ4n) is 1.58. The largest absolute Gasteiger partial charge is 0.494 e. The Morgan fingerprint density at radius 2 is 1.94 bits per heavy atom. The van der Waals surface area contributed by atoms with Crippen molar-refractivity contribution < 1.29 is 4.74 Å². The second-order valence-electron chi connectivity index (χ2n) is 3.91. The van der Waals surface area contributed by atoms with Gasteiger partial charge in [-0.05, 0) is 38.5 Å². The average molecular weight is 219 g/mol. The van der Waals surface area contributed by atoms with Gasteiger partial charge in [-0.15, -0.1) is 6.58 Å². The van der Waals surface area contributed by atoms with Gasteiger partial charge in [0.2, 0.25) is 0 Å². The van der Waals surface area contributed by atoms with Crippen LogP contribution in [0.3, 0.4) is 0 Å². The fourth-order valence-corrected chi connectivity index (χ4v) is 1.58. The summed E-state index contributed by atoms with van der Waals surface area (Å²) in [6.45, 7) is 10.7. The van der Waals surface area contributed by atoms with E-state index in [0.29, 0.717) is 18.7 Å². The first-order chi connectivity index (χ1) is 7.67. The van der Waals surface area contributed by atoms with Gasteiger partial charge in [0.25, 0.3) is 0 Å². The van der Waals surface area contributed by atoms with E-state index in [0.717, 1.165) is 5.75 Å². The summed E-state index contributed by atoms with van der Waals surface area (Å²) in [5, 5.41) is 3.44. The van der Waals surface area contributed by atoms with Gasteiger partial charge < -0.3 is 10.1 Å². The molecule has 0 spiro atoms. The predicted octanol–water partition coefficient (Wildman–Crippen LogP) is 3.31. The van der Waals surface area contributed by atoms with Crippen molar-refractivity contribution in [1.29, 1.82) is 0 Å². The molecule has 0 saturated carbocycles. The van der Waals surface area contributed by atoms with Crippen LogP contribution >= 0.6 is 0 Å². The lowest BCUT2D eigenvalue weighted by Gasteiger charge is -2.18. The van der Waals surface area contributed by atoms with Crippen LogP contribution in [0.1, 0.15) is 32.4 Å². The molecule has 0 fully saturated rings. The summed E-state index contributed by atoms with van der Waals surface area (Å²) >= 11 is 0. The van der Waals surface area contributed by atoms with Crippen molar-refractivity contribution in [1.82, 2.24) is 5.32 Å². The fraction of sp³-hybridized carbons (Fsp3) is 0.429. The van der Waals surface area contributed by atoms with Gasteiger partial charge in [0, 0.05) is 12.1 Å². The highest BCUT2D eigenvalue weighted by atomic mass is 16.5. The van der Waals surface area contributed by atoms with Gasteiger partial charge in [-0.1, -0.05) is 18.2 Å². The average Bonchev–Trinajstić information content (AvgIpc) is 2.30. The minimum Gasteiger partial charge on any atom is -0.494 e. The van der Waals surface area contributed by atoms with Gasteiger partial charge >= 0.3 is 0 Å². The van der Waals surface area contributed by atoms with E-state index in [9.17, 15) is 0 Å². The molecule has 0 amide bonds. The highest BCUT2D eigenvalue weighted by molar-refractivity contribution is 5.29. The van der Waals surface area contributed by atoms with E-state index in [1.807, 2.05) is 25.1 Å². The Morgan fingerprint density at radius 1 is 1.31 bits per heavy atom. The van der Waals surface area contributed by atoms with E-state index in [2.05, 4.69) is 37.9 Å². The molecule has 1 N–H and O–H groups in total. The summed E-state index contributed by atoms with van der Waals surface area (Å²) in [6, 6.07) is 8.85. The van der Waals surface area contributed by atoms with Crippen LogP contribution in [0.2, 0.25) is 0 Å². The highest BCUT2D eigenvalue weighted by Gasteiger charge is 2.06. The van der Waals surface area contributed by atoms with Crippen molar-refractivity contribution in [2.75, 3.05) is 6.61 Å². The molecule has 0 saturated heterocycles. The first-order valence-corrected chi connectivity index (χ1v) is 5.78.